The summed E-state index contributed by atoms with van der Waals surface area (Å²) in [4.78, 5) is 13.8. The van der Waals surface area contributed by atoms with Crippen LogP contribution in [0.15, 0.2) is 24.3 Å². The lowest BCUT2D eigenvalue weighted by molar-refractivity contribution is -0.137. The second-order valence-electron chi connectivity index (χ2n) is 4.95. The van der Waals surface area contributed by atoms with E-state index in [0.29, 0.717) is 6.54 Å². The molecule has 0 heterocycles. The van der Waals surface area contributed by atoms with Crippen LogP contribution in [0.3, 0.4) is 0 Å². The van der Waals surface area contributed by atoms with E-state index >= 15 is 0 Å². The first kappa shape index (κ1) is 12.9. The summed E-state index contributed by atoms with van der Waals surface area (Å²) in [5.41, 5.74) is 0.571. The highest BCUT2D eigenvalue weighted by Gasteiger charge is 2.50. The van der Waals surface area contributed by atoms with Gasteiger partial charge in [-0.1, -0.05) is 12.1 Å². The van der Waals surface area contributed by atoms with E-state index in [1.54, 1.807) is 19.1 Å². The van der Waals surface area contributed by atoms with Crippen LogP contribution in [0.25, 0.3) is 0 Å². The summed E-state index contributed by atoms with van der Waals surface area (Å²) in [6.07, 6.45) is 1.60. The highest BCUT2D eigenvalue weighted by Crippen LogP contribution is 2.46. The van der Waals surface area contributed by atoms with Crippen molar-refractivity contribution in [1.29, 1.82) is 0 Å². The molecular weight excluding hydrogens is 230 g/mol. The molecule has 0 bridgehead atoms. The first-order valence-corrected chi connectivity index (χ1v) is 6.11. The quantitative estimate of drug-likeness (QED) is 0.858. The van der Waals surface area contributed by atoms with Crippen molar-refractivity contribution < 1.29 is 14.6 Å². The summed E-state index contributed by atoms with van der Waals surface area (Å²) in [6.45, 7) is 0.517. The number of nitrogens with zero attached hydrogens (tertiary/aromatic N) is 1. The summed E-state index contributed by atoms with van der Waals surface area (Å²) in [5, 5.41) is 9.25. The topological polar surface area (TPSA) is 49.8 Å². The van der Waals surface area contributed by atoms with Gasteiger partial charge in [0, 0.05) is 13.6 Å². The van der Waals surface area contributed by atoms with Crippen molar-refractivity contribution in [3.8, 4) is 5.75 Å². The van der Waals surface area contributed by atoms with Crippen LogP contribution in [0.2, 0.25) is 0 Å². The van der Waals surface area contributed by atoms with Crippen LogP contribution in [0, 0.1) is 5.41 Å². The van der Waals surface area contributed by atoms with Crippen LogP contribution < -0.4 is 4.74 Å². The standard InChI is InChI=1S/C14H19NO3/c1-15(13(17)14(10-16)7-8-14)9-11-3-5-12(18-2)6-4-11/h3-6,16H,7-10H2,1-2H3. The van der Waals surface area contributed by atoms with Crippen LogP contribution >= 0.6 is 0 Å². The van der Waals surface area contributed by atoms with E-state index < -0.39 is 5.41 Å². The molecule has 0 aliphatic heterocycles. The smallest absolute Gasteiger partial charge is 0.231 e. The van der Waals surface area contributed by atoms with Crippen molar-refractivity contribution in [1.82, 2.24) is 4.90 Å². The van der Waals surface area contributed by atoms with Crippen LogP contribution in [0.1, 0.15) is 18.4 Å². The van der Waals surface area contributed by atoms with Gasteiger partial charge in [-0.15, -0.1) is 0 Å². The zero-order valence-electron chi connectivity index (χ0n) is 10.8. The minimum atomic E-state index is -0.485. The van der Waals surface area contributed by atoms with E-state index in [0.717, 1.165) is 24.2 Å². The molecule has 1 fully saturated rings. The molecule has 0 unspecified atom stereocenters. The number of methoxy groups -OCH3 is 1. The van der Waals surface area contributed by atoms with Crippen molar-refractivity contribution >= 4 is 5.91 Å². The number of aliphatic hydroxyl groups is 1. The van der Waals surface area contributed by atoms with Crippen LogP contribution in [-0.4, -0.2) is 36.7 Å². The fraction of sp³-hybridized carbons (Fsp3) is 0.500. The number of hydrogen-bond acceptors (Lipinski definition) is 3. The molecule has 1 saturated carbocycles. The Morgan fingerprint density at radius 1 is 1.39 bits per heavy atom. The largest absolute Gasteiger partial charge is 0.497 e. The van der Waals surface area contributed by atoms with Crippen molar-refractivity contribution in [2.45, 2.75) is 19.4 Å². The number of hydrogen-bond donors (Lipinski definition) is 1. The van der Waals surface area contributed by atoms with Crippen LogP contribution in [0.5, 0.6) is 5.75 Å². The van der Waals surface area contributed by atoms with Gasteiger partial charge in [-0.2, -0.15) is 0 Å². The van der Waals surface area contributed by atoms with Gasteiger partial charge >= 0.3 is 0 Å². The summed E-state index contributed by atoms with van der Waals surface area (Å²) in [5.74, 6) is 0.850. The molecule has 0 atom stereocenters. The summed E-state index contributed by atoms with van der Waals surface area (Å²) < 4.78 is 5.09. The molecule has 1 amide bonds. The first-order valence-electron chi connectivity index (χ1n) is 6.11. The Hall–Kier alpha value is -1.55. The molecule has 4 nitrogen and oxygen atoms in total. The maximum atomic E-state index is 12.1. The Balaban J connectivity index is 1.98. The number of ether oxygens (including phenoxy) is 1. The molecule has 4 heteroatoms. The fourth-order valence-corrected chi connectivity index (χ4v) is 2.07. The lowest BCUT2D eigenvalue weighted by Crippen LogP contribution is -2.35. The zero-order valence-corrected chi connectivity index (χ0v) is 10.8. The van der Waals surface area contributed by atoms with Gasteiger partial charge in [0.15, 0.2) is 0 Å². The van der Waals surface area contributed by atoms with E-state index in [-0.39, 0.29) is 12.5 Å². The molecule has 18 heavy (non-hydrogen) atoms. The van der Waals surface area contributed by atoms with Gasteiger partial charge < -0.3 is 14.7 Å². The monoisotopic (exact) mass is 249 g/mol. The third-order valence-electron chi connectivity index (χ3n) is 3.54. The molecular formula is C14H19NO3. The van der Waals surface area contributed by atoms with Crippen LogP contribution in [0.4, 0.5) is 0 Å². The minimum absolute atomic E-state index is 0.0424. The van der Waals surface area contributed by atoms with Crippen molar-refractivity contribution in [3.63, 3.8) is 0 Å². The lowest BCUT2D eigenvalue weighted by atomic mass is 10.1. The summed E-state index contributed by atoms with van der Waals surface area (Å²) >= 11 is 0. The Kier molecular flexibility index (Phi) is 3.57. The molecule has 1 N–H and O–H groups in total. The van der Waals surface area contributed by atoms with Crippen molar-refractivity contribution in [2.75, 3.05) is 20.8 Å². The molecule has 0 spiro atoms. The molecule has 2 rings (SSSR count). The first-order chi connectivity index (χ1) is 8.61. The second-order valence-corrected chi connectivity index (χ2v) is 4.95. The molecule has 1 aromatic carbocycles. The highest BCUT2D eigenvalue weighted by atomic mass is 16.5. The summed E-state index contributed by atoms with van der Waals surface area (Å²) in [6, 6.07) is 7.65. The van der Waals surface area contributed by atoms with Gasteiger partial charge in [0.25, 0.3) is 0 Å². The van der Waals surface area contributed by atoms with E-state index in [1.807, 2.05) is 24.3 Å². The average molecular weight is 249 g/mol. The molecule has 1 aromatic rings. The number of carbonyl (C=O) groups is 1. The maximum Gasteiger partial charge on any atom is 0.231 e. The third kappa shape index (κ3) is 2.48. The predicted molar refractivity (Wildman–Crippen MR) is 68.2 cm³/mol. The van der Waals surface area contributed by atoms with Gasteiger partial charge in [0.2, 0.25) is 5.91 Å². The second kappa shape index (κ2) is 4.98. The number of benzene rings is 1. The highest BCUT2D eigenvalue weighted by molar-refractivity contribution is 5.85. The number of aliphatic hydroxyl groups excluding tert-OH is 1. The van der Waals surface area contributed by atoms with Crippen LogP contribution in [-0.2, 0) is 11.3 Å². The predicted octanol–water partition coefficient (Wildman–Crippen LogP) is 1.43. The normalized spacial score (nSPS) is 16.2. The molecule has 0 saturated heterocycles. The fourth-order valence-electron chi connectivity index (χ4n) is 2.07. The number of carbonyl (C=O) groups excluding carboxylic acids is 1. The van der Waals surface area contributed by atoms with E-state index in [1.165, 1.54) is 0 Å². The lowest BCUT2D eigenvalue weighted by Gasteiger charge is -2.22. The van der Waals surface area contributed by atoms with Gasteiger partial charge in [-0.05, 0) is 30.5 Å². The van der Waals surface area contributed by atoms with Crippen molar-refractivity contribution in [3.05, 3.63) is 29.8 Å². The Labute approximate surface area is 107 Å². The summed E-state index contributed by atoms with van der Waals surface area (Å²) in [7, 11) is 3.41. The third-order valence-corrected chi connectivity index (χ3v) is 3.54. The number of amides is 1. The van der Waals surface area contributed by atoms with E-state index in [9.17, 15) is 9.90 Å². The Morgan fingerprint density at radius 3 is 2.44 bits per heavy atom. The Bertz CT molecular complexity index is 423. The maximum absolute atomic E-state index is 12.1. The minimum Gasteiger partial charge on any atom is -0.497 e. The van der Waals surface area contributed by atoms with Gasteiger partial charge in [-0.25, -0.2) is 0 Å². The molecule has 0 radical (unpaired) electrons. The molecule has 1 aliphatic rings. The molecule has 0 aromatic heterocycles. The zero-order chi connectivity index (χ0) is 13.2. The van der Waals surface area contributed by atoms with E-state index in [2.05, 4.69) is 0 Å². The van der Waals surface area contributed by atoms with Crippen molar-refractivity contribution in [2.24, 2.45) is 5.41 Å². The van der Waals surface area contributed by atoms with Gasteiger partial charge in [-0.3, -0.25) is 4.79 Å². The SMILES string of the molecule is COc1ccc(CN(C)C(=O)C2(CO)CC2)cc1. The van der Waals surface area contributed by atoms with Gasteiger partial charge in [0.05, 0.1) is 19.1 Å². The Morgan fingerprint density at radius 2 is 2.00 bits per heavy atom. The van der Waals surface area contributed by atoms with E-state index in [4.69, 9.17) is 4.74 Å². The average Bonchev–Trinajstić information content (AvgIpc) is 3.19. The number of rotatable bonds is 5. The molecule has 1 aliphatic carbocycles. The molecule has 98 valence electrons. The van der Waals surface area contributed by atoms with Gasteiger partial charge in [0.1, 0.15) is 5.75 Å².